The van der Waals surface area contributed by atoms with Gasteiger partial charge in [0.1, 0.15) is 18.1 Å². The quantitative estimate of drug-likeness (QED) is 0.176. The number of aryl methyl sites for hydroxylation is 2. The van der Waals surface area contributed by atoms with E-state index in [4.69, 9.17) is 9.84 Å². The fourth-order valence-corrected chi connectivity index (χ4v) is 9.21. The van der Waals surface area contributed by atoms with E-state index in [-0.39, 0.29) is 103 Å². The van der Waals surface area contributed by atoms with Gasteiger partial charge in [0.05, 0.1) is 35.9 Å². The smallest absolute Gasteiger partial charge is 0.548 e. The molecule has 0 aromatic heterocycles. The van der Waals surface area contributed by atoms with Gasteiger partial charge in [-0.3, -0.25) is 9.59 Å². The first-order chi connectivity index (χ1) is 33.5. The zero-order chi connectivity index (χ0) is 49.0. The maximum atomic E-state index is 14.1. The molecule has 0 spiro atoms. The van der Waals surface area contributed by atoms with E-state index < -0.39 is 35.9 Å². The second kappa shape index (κ2) is 26.4. The van der Waals surface area contributed by atoms with Crippen LogP contribution in [0.15, 0.2) is 176 Å². The third-order valence-electron chi connectivity index (χ3n) is 12.7. The number of hydrogen-bond acceptors (Lipinski definition) is 9. The first-order valence-electron chi connectivity index (χ1n) is 22.8. The molecule has 2 amide bonds. The first kappa shape index (κ1) is 55.9. The predicted molar refractivity (Wildman–Crippen MR) is 258 cm³/mol. The molecule has 2 N–H and O–H groups in total. The molecule has 0 bridgehead atoms. The molecule has 2 aliphatic rings. The zero-order valence-corrected chi connectivity index (χ0v) is 44.7. The van der Waals surface area contributed by atoms with Crippen LogP contribution >= 0.6 is 0 Å². The van der Waals surface area contributed by atoms with Crippen LogP contribution in [0.25, 0.3) is 0 Å². The number of ether oxygens (including phenoxy) is 1. The number of rotatable bonds is 11. The molecule has 2 heterocycles. The van der Waals surface area contributed by atoms with Crippen LogP contribution in [-0.4, -0.2) is 63.0 Å². The first-order valence-corrected chi connectivity index (χ1v) is 22.8. The van der Waals surface area contributed by atoms with Gasteiger partial charge in [0, 0.05) is 44.2 Å². The number of carbonyl (C=O) groups is 4. The maximum absolute atomic E-state index is 14.1. The van der Waals surface area contributed by atoms with Gasteiger partial charge < -0.3 is 44.6 Å². The minimum Gasteiger partial charge on any atom is -0.548 e. The minimum absolute atomic E-state index is 0. The Labute approximate surface area is 459 Å². The summed E-state index contributed by atoms with van der Waals surface area (Å²) >= 11 is 0. The standard InChI is InChI=1S/C32H29NO4.C25H23NO4.CH4O.2Na/c1-22-17-18-26-20-33(31(34)29(24-13-7-3-8-14-24)25-15-9-4-10-16-25)28(32(35)36)19-27(26)30(22)37-21-23-11-5-2-6-12-23;1-16-12-13-19-15-26(21(25(29)30)14-20(19)23(16)27)24(28)22(17-8-4-2-5-9-17)18-10-6-3-7-11-18;1-2;;/h2-18,28-29H,19-21H2,1H3,(H,35,36);2-13,21-22,27H,14-15H2,1H3,(H,29,30);2H,1H3;;/q;;;2*+1/p-2/t28-;21-;;;/m00.../s1. The molecule has 0 radical (unpaired) electrons. The number of aliphatic hydroxyl groups is 1. The van der Waals surface area contributed by atoms with E-state index >= 15 is 0 Å². The Morgan fingerprint density at radius 3 is 1.24 bits per heavy atom. The Morgan fingerprint density at radius 1 is 0.521 bits per heavy atom. The average Bonchev–Trinajstić information content (AvgIpc) is 3.39. The van der Waals surface area contributed by atoms with Gasteiger partial charge in [-0.2, -0.15) is 0 Å². The summed E-state index contributed by atoms with van der Waals surface area (Å²) in [5.74, 6) is -3.63. The summed E-state index contributed by atoms with van der Waals surface area (Å²) in [6.45, 7) is 4.37. The molecule has 2 atom stereocenters. The van der Waals surface area contributed by atoms with Crippen molar-refractivity contribution in [2.24, 2.45) is 0 Å². The van der Waals surface area contributed by atoms with Gasteiger partial charge in [0.2, 0.25) is 11.8 Å². The molecule has 0 aliphatic carbocycles. The van der Waals surface area contributed by atoms with Crippen molar-refractivity contribution in [3.8, 4) is 11.5 Å². The van der Waals surface area contributed by atoms with Gasteiger partial charge in [-0.25, -0.2) is 0 Å². The van der Waals surface area contributed by atoms with Gasteiger partial charge in [0.25, 0.3) is 0 Å². The summed E-state index contributed by atoms with van der Waals surface area (Å²) in [5.41, 5.74) is 8.89. The Balaban J connectivity index is 0.000000253. The van der Waals surface area contributed by atoms with Crippen molar-refractivity contribution in [3.63, 3.8) is 0 Å². The number of carbonyl (C=O) groups excluding carboxylic acids is 4. The second-order valence-electron chi connectivity index (χ2n) is 17.0. The van der Waals surface area contributed by atoms with Gasteiger partial charge in [0.15, 0.2) is 0 Å². The number of aliphatic hydroxyl groups excluding tert-OH is 1. The summed E-state index contributed by atoms with van der Waals surface area (Å²) < 4.78 is 6.21. The molecule has 13 heteroatoms. The van der Waals surface area contributed by atoms with Gasteiger partial charge in [-0.15, -0.1) is 0 Å². The number of carboxylic acids is 2. The number of phenols is 1. The maximum Gasteiger partial charge on any atom is 1.00 e. The van der Waals surface area contributed by atoms with Gasteiger partial charge >= 0.3 is 59.1 Å². The van der Waals surface area contributed by atoms with Crippen LogP contribution in [0, 0.1) is 13.8 Å². The predicted octanol–water partition coefficient (Wildman–Crippen LogP) is 0.562. The van der Waals surface area contributed by atoms with Crippen molar-refractivity contribution in [1.82, 2.24) is 9.80 Å². The van der Waals surface area contributed by atoms with Crippen molar-refractivity contribution in [2.45, 2.75) is 70.3 Å². The van der Waals surface area contributed by atoms with Crippen molar-refractivity contribution in [3.05, 3.63) is 237 Å². The number of benzene rings is 7. The Hall–Kier alpha value is -6.02. The summed E-state index contributed by atoms with van der Waals surface area (Å²) in [7, 11) is 1.00. The van der Waals surface area contributed by atoms with Crippen LogP contribution in [-0.2, 0) is 51.7 Å². The van der Waals surface area contributed by atoms with Crippen molar-refractivity contribution >= 4 is 23.8 Å². The molecular weight excluding hydrogens is 915 g/mol. The van der Waals surface area contributed by atoms with Crippen LogP contribution in [0.5, 0.6) is 11.5 Å². The second-order valence-corrected chi connectivity index (χ2v) is 17.0. The van der Waals surface area contributed by atoms with Crippen LogP contribution in [0.2, 0.25) is 0 Å². The van der Waals surface area contributed by atoms with Crippen LogP contribution < -0.4 is 74.1 Å². The van der Waals surface area contributed by atoms with E-state index in [9.17, 15) is 34.5 Å². The number of aliphatic carboxylic acids is 2. The van der Waals surface area contributed by atoms with Gasteiger partial charge in [-0.05, 0) is 63.9 Å². The number of amides is 2. The molecule has 7 aromatic rings. The zero-order valence-electron chi connectivity index (χ0n) is 40.7. The van der Waals surface area contributed by atoms with E-state index in [1.807, 2.05) is 177 Å². The molecule has 0 unspecified atom stereocenters. The molecule has 7 aromatic carbocycles. The molecule has 352 valence electrons. The number of hydrogen-bond donors (Lipinski definition) is 2. The van der Waals surface area contributed by atoms with Crippen molar-refractivity contribution < 1.29 is 103 Å². The Morgan fingerprint density at radius 2 is 0.859 bits per heavy atom. The molecule has 0 saturated carbocycles. The Kier molecular flexibility index (Phi) is 20.8. The van der Waals surface area contributed by atoms with Crippen molar-refractivity contribution in [2.75, 3.05) is 7.11 Å². The summed E-state index contributed by atoms with van der Waals surface area (Å²) in [6.07, 6.45) is 0.152. The molecule has 0 saturated heterocycles. The number of phenolic OH excluding ortho intramolecular Hbond substituents is 1. The number of nitrogens with zero attached hydrogens (tertiary/aromatic N) is 2. The number of aromatic hydroxyl groups is 1. The van der Waals surface area contributed by atoms with Crippen molar-refractivity contribution in [1.29, 1.82) is 0 Å². The van der Waals surface area contributed by atoms with E-state index in [2.05, 4.69) is 0 Å². The number of fused-ring (bicyclic) bond motifs is 2. The molecule has 0 fully saturated rings. The molecular formula is C58H54N2Na2O9. The van der Waals surface area contributed by atoms with E-state index in [1.165, 1.54) is 9.80 Å². The molecule has 71 heavy (non-hydrogen) atoms. The molecule has 11 nitrogen and oxygen atoms in total. The van der Waals surface area contributed by atoms with E-state index in [0.717, 1.165) is 57.2 Å². The molecule has 2 aliphatic heterocycles. The summed E-state index contributed by atoms with van der Waals surface area (Å²) in [4.78, 5) is 55.1. The molecule has 9 rings (SSSR count). The SMILES string of the molecule is CO.Cc1ccc2c(c1O)C[C@@H](C(=O)[O-])N(C(=O)C(c1ccccc1)c1ccccc1)C2.Cc1ccc2c(c1OCc1ccccc1)C[C@@H](C(=O)[O-])N(C(=O)C(c1ccccc1)c1ccccc1)C2.[Na+].[Na+]. The van der Waals surface area contributed by atoms with Crippen LogP contribution in [0.4, 0.5) is 0 Å². The number of carboxylic acid groups (broad SMARTS) is 2. The van der Waals surface area contributed by atoms with E-state index in [1.54, 1.807) is 13.0 Å². The third-order valence-corrected chi connectivity index (χ3v) is 12.7. The van der Waals surface area contributed by atoms with E-state index in [0.29, 0.717) is 23.5 Å². The topological polar surface area (TPSA) is 171 Å². The third kappa shape index (κ3) is 13.1. The normalized spacial score (nSPS) is 14.4. The van der Waals surface area contributed by atoms with Gasteiger partial charge in [-0.1, -0.05) is 176 Å². The minimum atomic E-state index is -1.32. The Bertz CT molecular complexity index is 2790. The summed E-state index contributed by atoms with van der Waals surface area (Å²) in [6, 6.07) is 52.8. The van der Waals surface area contributed by atoms with Crippen LogP contribution in [0.3, 0.4) is 0 Å². The fraction of sp³-hybridized carbons (Fsp3) is 0.207. The average molecular weight is 969 g/mol. The fourth-order valence-electron chi connectivity index (χ4n) is 9.21. The monoisotopic (exact) mass is 968 g/mol. The largest absolute Gasteiger partial charge is 1.00 e. The van der Waals surface area contributed by atoms with Crippen LogP contribution in [0.1, 0.15) is 73.0 Å². The summed E-state index contributed by atoms with van der Waals surface area (Å²) in [5, 5.41) is 41.8.